The molecule has 6 heteroatoms. The van der Waals surface area contributed by atoms with E-state index in [-0.39, 0.29) is 5.69 Å². The van der Waals surface area contributed by atoms with Crippen molar-refractivity contribution in [2.75, 3.05) is 11.9 Å². The third kappa shape index (κ3) is 5.08. The molecule has 0 fully saturated rings. The molecular weight excluding hydrogens is 313 g/mol. The van der Waals surface area contributed by atoms with Gasteiger partial charge in [0.2, 0.25) is 0 Å². The van der Waals surface area contributed by atoms with Crippen LogP contribution >= 0.6 is 0 Å². The minimum absolute atomic E-state index is 0.0302. The third-order valence-corrected chi connectivity index (χ3v) is 3.13. The van der Waals surface area contributed by atoms with Gasteiger partial charge in [0, 0.05) is 0 Å². The molecule has 5 nitrogen and oxygen atoms in total. The summed E-state index contributed by atoms with van der Waals surface area (Å²) < 4.78 is 23.8. The highest BCUT2D eigenvalue weighted by atomic mass is 19.1. The quantitative estimate of drug-likeness (QED) is 0.826. The van der Waals surface area contributed by atoms with Crippen LogP contribution in [0.15, 0.2) is 48.5 Å². The first kappa shape index (κ1) is 17.5. The summed E-state index contributed by atoms with van der Waals surface area (Å²) in [6.45, 7) is 2.91. The van der Waals surface area contributed by atoms with Gasteiger partial charge < -0.3 is 14.8 Å². The number of rotatable bonds is 6. The first-order valence-corrected chi connectivity index (χ1v) is 7.40. The Morgan fingerprint density at radius 1 is 1.17 bits per heavy atom. The van der Waals surface area contributed by atoms with E-state index in [2.05, 4.69) is 5.32 Å². The predicted octanol–water partition coefficient (Wildman–Crippen LogP) is 3.08. The number of carbonyl (C=O) groups is 2. The number of amides is 1. The topological polar surface area (TPSA) is 64.6 Å². The largest absolute Gasteiger partial charge is 0.479 e. The molecule has 0 spiro atoms. The second kappa shape index (κ2) is 8.10. The Labute approximate surface area is 139 Å². The van der Waals surface area contributed by atoms with Gasteiger partial charge in [-0.3, -0.25) is 4.79 Å². The van der Waals surface area contributed by atoms with Crippen molar-refractivity contribution in [3.05, 3.63) is 59.9 Å². The molecule has 0 aliphatic carbocycles. The van der Waals surface area contributed by atoms with E-state index >= 15 is 0 Å². The molecule has 0 bridgehead atoms. The van der Waals surface area contributed by atoms with Crippen molar-refractivity contribution >= 4 is 17.6 Å². The highest BCUT2D eigenvalue weighted by molar-refractivity contribution is 5.93. The van der Waals surface area contributed by atoms with Crippen LogP contribution in [0.2, 0.25) is 0 Å². The lowest BCUT2D eigenvalue weighted by Crippen LogP contribution is -2.29. The minimum atomic E-state index is -0.868. The number of para-hydroxylation sites is 1. The standard InChI is InChI=1S/C18H18FNO4/c1-12-6-5-7-14(10-12)24-13(2)18(22)23-11-17(21)20-16-9-4-3-8-15(16)19/h3-10,13H,11H2,1-2H3,(H,20,21)/t13-/m1/s1. The first-order chi connectivity index (χ1) is 11.5. The van der Waals surface area contributed by atoms with E-state index in [1.165, 1.54) is 25.1 Å². The van der Waals surface area contributed by atoms with Crippen molar-refractivity contribution < 1.29 is 23.5 Å². The van der Waals surface area contributed by atoms with E-state index in [0.29, 0.717) is 5.75 Å². The van der Waals surface area contributed by atoms with Gasteiger partial charge in [0.15, 0.2) is 12.7 Å². The monoisotopic (exact) mass is 331 g/mol. The van der Waals surface area contributed by atoms with Crippen molar-refractivity contribution in [1.29, 1.82) is 0 Å². The van der Waals surface area contributed by atoms with Gasteiger partial charge >= 0.3 is 5.97 Å². The second-order valence-electron chi connectivity index (χ2n) is 5.21. The van der Waals surface area contributed by atoms with Crippen LogP contribution in [0.1, 0.15) is 12.5 Å². The maximum Gasteiger partial charge on any atom is 0.347 e. The van der Waals surface area contributed by atoms with Crippen LogP contribution in [0.4, 0.5) is 10.1 Å². The molecule has 0 aliphatic rings. The van der Waals surface area contributed by atoms with Crippen LogP contribution < -0.4 is 10.1 Å². The van der Waals surface area contributed by atoms with E-state index < -0.39 is 30.4 Å². The molecule has 2 rings (SSSR count). The number of nitrogens with one attached hydrogen (secondary N) is 1. The summed E-state index contributed by atoms with van der Waals surface area (Å²) in [5, 5.41) is 2.33. The molecule has 2 aromatic rings. The summed E-state index contributed by atoms with van der Waals surface area (Å²) >= 11 is 0. The fourth-order valence-corrected chi connectivity index (χ4v) is 1.94. The number of benzene rings is 2. The maximum atomic E-state index is 13.4. The molecule has 1 N–H and O–H groups in total. The van der Waals surface area contributed by atoms with Crippen LogP contribution in [0.25, 0.3) is 0 Å². The second-order valence-corrected chi connectivity index (χ2v) is 5.21. The molecule has 2 aromatic carbocycles. The number of hydrogen-bond acceptors (Lipinski definition) is 4. The molecule has 24 heavy (non-hydrogen) atoms. The molecule has 0 aromatic heterocycles. The zero-order valence-corrected chi connectivity index (χ0v) is 13.4. The molecular formula is C18H18FNO4. The highest BCUT2D eigenvalue weighted by Crippen LogP contribution is 2.15. The first-order valence-electron chi connectivity index (χ1n) is 7.40. The average Bonchev–Trinajstić information content (AvgIpc) is 2.54. The molecule has 0 saturated carbocycles. The normalized spacial score (nSPS) is 11.5. The van der Waals surface area contributed by atoms with Gasteiger partial charge in [-0.2, -0.15) is 0 Å². The zero-order chi connectivity index (χ0) is 17.5. The van der Waals surface area contributed by atoms with Crippen LogP contribution in [0, 0.1) is 12.7 Å². The number of aryl methyl sites for hydroxylation is 1. The van der Waals surface area contributed by atoms with Gasteiger partial charge in [0.05, 0.1) is 5.69 Å². The Bertz CT molecular complexity index is 732. The summed E-state index contributed by atoms with van der Waals surface area (Å²) in [5.41, 5.74) is 1.03. The van der Waals surface area contributed by atoms with Gasteiger partial charge in [-0.1, -0.05) is 24.3 Å². The van der Waals surface area contributed by atoms with Gasteiger partial charge in [0.25, 0.3) is 5.91 Å². The van der Waals surface area contributed by atoms with E-state index in [1.54, 1.807) is 18.2 Å². The Morgan fingerprint density at radius 3 is 2.62 bits per heavy atom. The van der Waals surface area contributed by atoms with E-state index in [0.717, 1.165) is 5.56 Å². The van der Waals surface area contributed by atoms with Crippen LogP contribution in [0.5, 0.6) is 5.75 Å². The lowest BCUT2D eigenvalue weighted by Gasteiger charge is -2.14. The molecule has 0 heterocycles. The van der Waals surface area contributed by atoms with Gasteiger partial charge in [-0.25, -0.2) is 9.18 Å². The summed E-state index contributed by atoms with van der Waals surface area (Å²) in [6, 6.07) is 13.0. The number of carbonyl (C=O) groups excluding carboxylic acids is 2. The lowest BCUT2D eigenvalue weighted by atomic mass is 10.2. The zero-order valence-electron chi connectivity index (χ0n) is 13.4. The van der Waals surface area contributed by atoms with Gasteiger partial charge in [0.1, 0.15) is 11.6 Å². The average molecular weight is 331 g/mol. The summed E-state index contributed by atoms with van der Waals surface area (Å²) in [7, 11) is 0. The minimum Gasteiger partial charge on any atom is -0.479 e. The molecule has 0 radical (unpaired) electrons. The van der Waals surface area contributed by atoms with Crippen molar-refractivity contribution in [3.8, 4) is 5.75 Å². The van der Waals surface area contributed by atoms with Crippen molar-refractivity contribution in [1.82, 2.24) is 0 Å². The highest BCUT2D eigenvalue weighted by Gasteiger charge is 2.18. The number of ether oxygens (including phenoxy) is 2. The fraction of sp³-hybridized carbons (Fsp3) is 0.222. The van der Waals surface area contributed by atoms with Crippen molar-refractivity contribution in [2.24, 2.45) is 0 Å². The molecule has 0 saturated heterocycles. The van der Waals surface area contributed by atoms with E-state index in [1.807, 2.05) is 19.1 Å². The molecule has 0 aliphatic heterocycles. The predicted molar refractivity (Wildman–Crippen MR) is 87.3 cm³/mol. The van der Waals surface area contributed by atoms with Crippen LogP contribution in [0.3, 0.4) is 0 Å². The molecule has 1 atom stereocenters. The number of anilines is 1. The fourth-order valence-electron chi connectivity index (χ4n) is 1.94. The van der Waals surface area contributed by atoms with Crippen LogP contribution in [-0.2, 0) is 14.3 Å². The Kier molecular flexibility index (Phi) is 5.89. The number of esters is 1. The Hall–Kier alpha value is -2.89. The molecule has 126 valence electrons. The molecule has 1 amide bonds. The summed E-state index contributed by atoms with van der Waals surface area (Å²) in [5.74, 6) is -1.33. The van der Waals surface area contributed by atoms with Crippen LogP contribution in [-0.4, -0.2) is 24.6 Å². The Morgan fingerprint density at radius 2 is 1.92 bits per heavy atom. The third-order valence-electron chi connectivity index (χ3n) is 3.13. The summed E-state index contributed by atoms with van der Waals surface area (Å²) in [4.78, 5) is 23.6. The van der Waals surface area contributed by atoms with Crippen molar-refractivity contribution in [2.45, 2.75) is 20.0 Å². The van der Waals surface area contributed by atoms with Gasteiger partial charge in [-0.05, 0) is 43.7 Å². The lowest BCUT2D eigenvalue weighted by molar-refractivity contribution is -0.153. The Balaban J connectivity index is 1.81. The van der Waals surface area contributed by atoms with E-state index in [9.17, 15) is 14.0 Å². The van der Waals surface area contributed by atoms with E-state index in [4.69, 9.17) is 9.47 Å². The maximum absolute atomic E-state index is 13.4. The smallest absolute Gasteiger partial charge is 0.347 e. The SMILES string of the molecule is Cc1cccc(O[C@H](C)C(=O)OCC(=O)Nc2ccccc2F)c1. The van der Waals surface area contributed by atoms with Crippen molar-refractivity contribution in [3.63, 3.8) is 0 Å². The molecule has 0 unspecified atom stereocenters. The van der Waals surface area contributed by atoms with Gasteiger partial charge in [-0.15, -0.1) is 0 Å². The summed E-state index contributed by atoms with van der Waals surface area (Å²) in [6.07, 6.45) is -0.868. The number of hydrogen-bond donors (Lipinski definition) is 1. The number of halogens is 1.